The normalized spacial score (nSPS) is 50.7. The quantitative estimate of drug-likeness (QED) is 0.610. The van der Waals surface area contributed by atoms with Crippen molar-refractivity contribution in [2.24, 2.45) is 11.7 Å². The van der Waals surface area contributed by atoms with Gasteiger partial charge in [-0.25, -0.2) is 0 Å². The molecule has 0 aromatic rings. The van der Waals surface area contributed by atoms with Crippen LogP contribution in [0, 0.1) is 5.92 Å². The van der Waals surface area contributed by atoms with E-state index in [1.165, 1.54) is 17.9 Å². The molecular weight excluding hydrogens is 158 g/mol. The first kappa shape index (κ1) is 7.90. The highest BCUT2D eigenvalue weighted by Gasteiger charge is 2.46. The summed E-state index contributed by atoms with van der Waals surface area (Å²) in [5, 5.41) is 9.16. The van der Waals surface area contributed by atoms with Crippen LogP contribution in [0.25, 0.3) is 0 Å². The van der Waals surface area contributed by atoms with Crippen molar-refractivity contribution >= 4 is 11.8 Å². The molecule has 1 heterocycles. The van der Waals surface area contributed by atoms with Gasteiger partial charge in [0.2, 0.25) is 0 Å². The fraction of sp³-hybridized carbons (Fsp3) is 1.00. The van der Waals surface area contributed by atoms with Crippen molar-refractivity contribution in [2.75, 3.05) is 11.5 Å². The molecular formula is C8H15NOS. The van der Waals surface area contributed by atoms with Crippen LogP contribution in [0.4, 0.5) is 0 Å². The third-order valence-corrected chi connectivity index (χ3v) is 4.14. The van der Waals surface area contributed by atoms with E-state index in [2.05, 4.69) is 0 Å². The summed E-state index contributed by atoms with van der Waals surface area (Å²) in [7, 11) is 0. The van der Waals surface area contributed by atoms with E-state index in [-0.39, 0.29) is 11.6 Å². The molecule has 2 rings (SSSR count). The molecule has 0 bridgehead atoms. The summed E-state index contributed by atoms with van der Waals surface area (Å²) in [6.45, 7) is 0. The number of aliphatic hydroxyl groups excluding tert-OH is 1. The lowest BCUT2D eigenvalue weighted by Crippen LogP contribution is -2.59. The van der Waals surface area contributed by atoms with Crippen molar-refractivity contribution < 1.29 is 5.11 Å². The zero-order valence-corrected chi connectivity index (χ0v) is 7.44. The molecule has 2 nitrogen and oxygen atoms in total. The summed E-state index contributed by atoms with van der Waals surface area (Å²) in [5.74, 6) is 3.15. The maximum atomic E-state index is 9.16. The van der Waals surface area contributed by atoms with Gasteiger partial charge >= 0.3 is 0 Å². The van der Waals surface area contributed by atoms with Crippen molar-refractivity contribution in [1.82, 2.24) is 0 Å². The summed E-state index contributed by atoms with van der Waals surface area (Å²) in [6.07, 6.45) is 2.82. The zero-order chi connectivity index (χ0) is 7.90. The molecule has 3 N–H and O–H groups in total. The second kappa shape index (κ2) is 2.64. The molecule has 0 amide bonds. The van der Waals surface area contributed by atoms with Gasteiger partial charge in [0, 0.05) is 5.54 Å². The number of rotatable bonds is 1. The molecule has 2 fully saturated rings. The van der Waals surface area contributed by atoms with E-state index in [9.17, 15) is 0 Å². The van der Waals surface area contributed by atoms with Crippen molar-refractivity contribution in [1.29, 1.82) is 0 Å². The summed E-state index contributed by atoms with van der Waals surface area (Å²) in [5.41, 5.74) is 6.13. The minimum Gasteiger partial charge on any atom is -0.393 e. The molecule has 1 aliphatic heterocycles. The van der Waals surface area contributed by atoms with Gasteiger partial charge in [-0.15, -0.1) is 0 Å². The fourth-order valence-electron chi connectivity index (χ4n) is 2.14. The molecule has 0 aromatic heterocycles. The first-order valence-corrected chi connectivity index (χ1v) is 5.41. The number of thioether (sulfide) groups is 1. The standard InChI is InChI=1S/C8H15NOS/c9-8(3-7(10)4-8)6-1-2-11-5-6/h6-7,10H,1-5,9H2. The van der Waals surface area contributed by atoms with Crippen LogP contribution in [-0.2, 0) is 0 Å². The van der Waals surface area contributed by atoms with Gasteiger partial charge in [0.05, 0.1) is 6.10 Å². The maximum Gasteiger partial charge on any atom is 0.0575 e. The van der Waals surface area contributed by atoms with Gasteiger partial charge in [-0.05, 0) is 36.7 Å². The highest BCUT2D eigenvalue weighted by atomic mass is 32.2. The lowest BCUT2D eigenvalue weighted by molar-refractivity contribution is -0.00265. The second-order valence-corrected chi connectivity index (χ2v) is 5.01. The van der Waals surface area contributed by atoms with Gasteiger partial charge in [-0.1, -0.05) is 0 Å². The Morgan fingerprint density at radius 2 is 2.18 bits per heavy atom. The van der Waals surface area contributed by atoms with E-state index in [1.807, 2.05) is 11.8 Å². The number of aliphatic hydroxyl groups is 1. The van der Waals surface area contributed by atoms with E-state index in [0.717, 1.165) is 12.8 Å². The Morgan fingerprint density at radius 1 is 1.45 bits per heavy atom. The Bertz CT molecular complexity index is 150. The topological polar surface area (TPSA) is 46.2 Å². The molecule has 0 radical (unpaired) electrons. The van der Waals surface area contributed by atoms with Crippen molar-refractivity contribution in [3.05, 3.63) is 0 Å². The van der Waals surface area contributed by atoms with E-state index >= 15 is 0 Å². The summed E-state index contributed by atoms with van der Waals surface area (Å²) in [6, 6.07) is 0. The molecule has 1 aliphatic carbocycles. The van der Waals surface area contributed by atoms with Crippen LogP contribution in [0.1, 0.15) is 19.3 Å². The van der Waals surface area contributed by atoms with Crippen LogP contribution in [0.3, 0.4) is 0 Å². The van der Waals surface area contributed by atoms with Gasteiger partial charge in [0.15, 0.2) is 0 Å². The summed E-state index contributed by atoms with van der Waals surface area (Å²) in [4.78, 5) is 0. The average molecular weight is 173 g/mol. The van der Waals surface area contributed by atoms with Crippen LogP contribution in [0.15, 0.2) is 0 Å². The first-order valence-electron chi connectivity index (χ1n) is 4.25. The maximum absolute atomic E-state index is 9.16. The van der Waals surface area contributed by atoms with Gasteiger partial charge in [-0.2, -0.15) is 11.8 Å². The zero-order valence-electron chi connectivity index (χ0n) is 6.62. The molecule has 11 heavy (non-hydrogen) atoms. The highest BCUT2D eigenvalue weighted by Crippen LogP contribution is 2.42. The monoisotopic (exact) mass is 173 g/mol. The van der Waals surface area contributed by atoms with Gasteiger partial charge < -0.3 is 10.8 Å². The van der Waals surface area contributed by atoms with Crippen LogP contribution in [-0.4, -0.2) is 28.3 Å². The molecule has 1 saturated carbocycles. The predicted octanol–water partition coefficient (Wildman–Crippen LogP) is 0.592. The number of nitrogens with two attached hydrogens (primary N) is 1. The lowest BCUT2D eigenvalue weighted by atomic mass is 9.67. The molecule has 1 saturated heterocycles. The number of hydrogen-bond donors (Lipinski definition) is 2. The van der Waals surface area contributed by atoms with Crippen molar-refractivity contribution in [3.63, 3.8) is 0 Å². The average Bonchev–Trinajstić information content (AvgIpc) is 2.34. The third kappa shape index (κ3) is 1.30. The minimum absolute atomic E-state index is 0.00289. The van der Waals surface area contributed by atoms with Crippen molar-refractivity contribution in [3.8, 4) is 0 Å². The SMILES string of the molecule is NC1(C2CCSC2)CC(O)C1. The van der Waals surface area contributed by atoms with E-state index < -0.39 is 0 Å². The minimum atomic E-state index is -0.106. The molecule has 3 heteroatoms. The van der Waals surface area contributed by atoms with Crippen molar-refractivity contribution in [2.45, 2.75) is 30.9 Å². The van der Waals surface area contributed by atoms with Crippen LogP contribution < -0.4 is 5.73 Å². The Balaban J connectivity index is 1.93. The van der Waals surface area contributed by atoms with Gasteiger partial charge in [-0.3, -0.25) is 0 Å². The van der Waals surface area contributed by atoms with E-state index in [0.29, 0.717) is 5.92 Å². The van der Waals surface area contributed by atoms with E-state index in [1.54, 1.807) is 0 Å². The number of hydrogen-bond acceptors (Lipinski definition) is 3. The Morgan fingerprint density at radius 3 is 2.64 bits per heavy atom. The highest BCUT2D eigenvalue weighted by molar-refractivity contribution is 7.99. The van der Waals surface area contributed by atoms with Gasteiger partial charge in [0.1, 0.15) is 0 Å². The molecule has 0 spiro atoms. The fourth-order valence-corrected chi connectivity index (χ4v) is 3.54. The predicted molar refractivity (Wildman–Crippen MR) is 47.6 cm³/mol. The van der Waals surface area contributed by atoms with E-state index in [4.69, 9.17) is 10.8 Å². The molecule has 1 unspecified atom stereocenters. The Labute approximate surface area is 71.5 Å². The summed E-state index contributed by atoms with van der Waals surface area (Å²) >= 11 is 2.00. The molecule has 0 aromatic carbocycles. The Kier molecular flexibility index (Phi) is 1.90. The smallest absolute Gasteiger partial charge is 0.0575 e. The lowest BCUT2D eigenvalue weighted by Gasteiger charge is -2.46. The van der Waals surface area contributed by atoms with Crippen LogP contribution >= 0.6 is 11.8 Å². The first-order chi connectivity index (χ1) is 5.21. The van der Waals surface area contributed by atoms with Gasteiger partial charge in [0.25, 0.3) is 0 Å². The Hall–Kier alpha value is 0.270. The largest absolute Gasteiger partial charge is 0.393 e. The summed E-state index contributed by atoms with van der Waals surface area (Å²) < 4.78 is 0. The second-order valence-electron chi connectivity index (χ2n) is 3.86. The third-order valence-electron chi connectivity index (χ3n) is 2.97. The van der Waals surface area contributed by atoms with Crippen LogP contribution in [0.5, 0.6) is 0 Å². The van der Waals surface area contributed by atoms with Crippen LogP contribution in [0.2, 0.25) is 0 Å². The molecule has 1 atom stereocenters. The molecule has 2 aliphatic rings. The molecule has 64 valence electrons.